The van der Waals surface area contributed by atoms with Gasteiger partial charge in [-0.1, -0.05) is 30.3 Å². The predicted molar refractivity (Wildman–Crippen MR) is 106 cm³/mol. The molecule has 0 radical (unpaired) electrons. The Bertz CT molecular complexity index is 653. The molecule has 1 aliphatic heterocycles. The Morgan fingerprint density at radius 1 is 1.24 bits per heavy atom. The second kappa shape index (κ2) is 8.90. The summed E-state index contributed by atoms with van der Waals surface area (Å²) in [5.74, 6) is 0. The van der Waals surface area contributed by atoms with E-state index in [0.717, 1.165) is 45.6 Å². The maximum atomic E-state index is 5.84. The molecule has 0 bridgehead atoms. The molecular formula is C20H30N4S. The number of hydrogen-bond acceptors (Lipinski definition) is 5. The highest BCUT2D eigenvalue weighted by Gasteiger charge is 2.22. The van der Waals surface area contributed by atoms with Crippen LogP contribution in [0, 0.1) is 0 Å². The van der Waals surface area contributed by atoms with Crippen LogP contribution in [0.15, 0.2) is 30.3 Å². The van der Waals surface area contributed by atoms with Gasteiger partial charge in [0, 0.05) is 50.1 Å². The Labute approximate surface area is 155 Å². The van der Waals surface area contributed by atoms with Gasteiger partial charge in [-0.3, -0.25) is 9.80 Å². The fourth-order valence-electron chi connectivity index (χ4n) is 3.35. The second-order valence-electron chi connectivity index (χ2n) is 7.09. The van der Waals surface area contributed by atoms with E-state index in [4.69, 9.17) is 10.7 Å². The lowest BCUT2D eigenvalue weighted by Crippen LogP contribution is -2.35. The van der Waals surface area contributed by atoms with Crippen LogP contribution in [0.3, 0.4) is 0 Å². The van der Waals surface area contributed by atoms with E-state index in [1.807, 2.05) is 11.3 Å². The van der Waals surface area contributed by atoms with Gasteiger partial charge in [-0.25, -0.2) is 4.98 Å². The van der Waals surface area contributed by atoms with E-state index in [1.54, 1.807) is 0 Å². The minimum absolute atomic E-state index is 0.610. The molecule has 0 saturated heterocycles. The average Bonchev–Trinajstić information content (AvgIpc) is 3.02. The standard InChI is InChI=1S/C20H30N4S/c1-16(2)24-12-9-18-19(14-24)25-20(22-18)15-23(13-10-21)11-8-17-6-4-3-5-7-17/h3-7,16H,8-15,21H2,1-2H3. The van der Waals surface area contributed by atoms with E-state index in [0.29, 0.717) is 12.6 Å². The van der Waals surface area contributed by atoms with Crippen LogP contribution >= 0.6 is 11.3 Å². The summed E-state index contributed by atoms with van der Waals surface area (Å²) < 4.78 is 0. The van der Waals surface area contributed by atoms with Crippen molar-refractivity contribution in [3.63, 3.8) is 0 Å². The number of nitrogens with zero attached hydrogens (tertiary/aromatic N) is 3. The van der Waals surface area contributed by atoms with Gasteiger partial charge >= 0.3 is 0 Å². The van der Waals surface area contributed by atoms with Gasteiger partial charge < -0.3 is 5.73 Å². The molecule has 0 fully saturated rings. The first-order valence-corrected chi connectivity index (χ1v) is 10.1. The van der Waals surface area contributed by atoms with Crippen LogP contribution in [0.4, 0.5) is 0 Å². The summed E-state index contributed by atoms with van der Waals surface area (Å²) in [4.78, 5) is 11.4. The number of fused-ring (bicyclic) bond motifs is 1. The van der Waals surface area contributed by atoms with E-state index in [9.17, 15) is 0 Å². The summed E-state index contributed by atoms with van der Waals surface area (Å²) in [7, 11) is 0. The highest BCUT2D eigenvalue weighted by atomic mass is 32.1. The fraction of sp³-hybridized carbons (Fsp3) is 0.550. The van der Waals surface area contributed by atoms with Crippen LogP contribution in [-0.2, 0) is 25.9 Å². The molecule has 0 unspecified atom stereocenters. The molecule has 2 N–H and O–H groups in total. The SMILES string of the molecule is CC(C)N1CCc2nc(CN(CCN)CCc3ccccc3)sc2C1. The minimum Gasteiger partial charge on any atom is -0.329 e. The van der Waals surface area contributed by atoms with Gasteiger partial charge in [0.2, 0.25) is 0 Å². The Morgan fingerprint density at radius 3 is 2.76 bits per heavy atom. The van der Waals surface area contributed by atoms with Crippen molar-refractivity contribution in [3.05, 3.63) is 51.5 Å². The maximum Gasteiger partial charge on any atom is 0.107 e. The molecule has 0 saturated carbocycles. The first-order chi connectivity index (χ1) is 12.2. The quantitative estimate of drug-likeness (QED) is 0.788. The van der Waals surface area contributed by atoms with Gasteiger partial charge in [0.05, 0.1) is 12.2 Å². The van der Waals surface area contributed by atoms with E-state index in [1.165, 1.54) is 21.1 Å². The van der Waals surface area contributed by atoms with Crippen molar-refractivity contribution in [2.45, 2.75) is 45.8 Å². The van der Waals surface area contributed by atoms with Crippen molar-refractivity contribution in [3.8, 4) is 0 Å². The smallest absolute Gasteiger partial charge is 0.107 e. The van der Waals surface area contributed by atoms with Gasteiger partial charge in [-0.15, -0.1) is 11.3 Å². The largest absolute Gasteiger partial charge is 0.329 e. The summed E-state index contributed by atoms with van der Waals surface area (Å²) >= 11 is 1.90. The Kier molecular flexibility index (Phi) is 6.59. The Morgan fingerprint density at radius 2 is 2.04 bits per heavy atom. The normalized spacial score (nSPS) is 15.1. The third-order valence-corrected chi connectivity index (χ3v) is 5.97. The number of nitrogens with two attached hydrogens (primary N) is 1. The van der Waals surface area contributed by atoms with Gasteiger partial charge in [0.1, 0.15) is 5.01 Å². The van der Waals surface area contributed by atoms with Crippen LogP contribution in [0.5, 0.6) is 0 Å². The van der Waals surface area contributed by atoms with Crippen molar-refractivity contribution in [1.29, 1.82) is 0 Å². The summed E-state index contributed by atoms with van der Waals surface area (Å²) in [6.07, 6.45) is 2.15. The van der Waals surface area contributed by atoms with Crippen LogP contribution in [-0.4, -0.2) is 47.0 Å². The molecule has 2 aromatic rings. The fourth-order valence-corrected chi connectivity index (χ4v) is 4.54. The van der Waals surface area contributed by atoms with Crippen LogP contribution < -0.4 is 5.73 Å². The molecule has 1 aromatic carbocycles. The van der Waals surface area contributed by atoms with Crippen molar-refractivity contribution >= 4 is 11.3 Å². The highest BCUT2D eigenvalue weighted by Crippen LogP contribution is 2.27. The molecule has 3 rings (SSSR count). The Balaban J connectivity index is 1.61. The first kappa shape index (κ1) is 18.5. The third kappa shape index (κ3) is 5.11. The molecule has 1 aliphatic rings. The molecular weight excluding hydrogens is 328 g/mol. The molecule has 1 aromatic heterocycles. The molecule has 0 aliphatic carbocycles. The molecule has 5 heteroatoms. The van der Waals surface area contributed by atoms with E-state index in [2.05, 4.69) is 54.0 Å². The average molecular weight is 359 g/mol. The molecule has 25 heavy (non-hydrogen) atoms. The van der Waals surface area contributed by atoms with Crippen molar-refractivity contribution in [2.24, 2.45) is 5.73 Å². The zero-order chi connectivity index (χ0) is 17.6. The number of hydrogen-bond donors (Lipinski definition) is 1. The van der Waals surface area contributed by atoms with Crippen LogP contribution in [0.25, 0.3) is 0 Å². The zero-order valence-electron chi connectivity index (χ0n) is 15.4. The summed E-state index contributed by atoms with van der Waals surface area (Å²) in [5, 5.41) is 1.25. The van der Waals surface area contributed by atoms with E-state index in [-0.39, 0.29) is 0 Å². The van der Waals surface area contributed by atoms with Crippen LogP contribution in [0.1, 0.15) is 35.0 Å². The number of benzene rings is 1. The second-order valence-corrected chi connectivity index (χ2v) is 8.26. The molecule has 136 valence electrons. The molecule has 2 heterocycles. The molecule has 0 spiro atoms. The number of rotatable bonds is 8. The van der Waals surface area contributed by atoms with E-state index < -0.39 is 0 Å². The number of thiazole rings is 1. The summed E-state index contributed by atoms with van der Waals surface area (Å²) in [6, 6.07) is 11.3. The third-order valence-electron chi connectivity index (χ3n) is 4.90. The summed E-state index contributed by atoms with van der Waals surface area (Å²) in [6.45, 7) is 10.3. The monoisotopic (exact) mass is 358 g/mol. The topological polar surface area (TPSA) is 45.4 Å². The number of aromatic nitrogens is 1. The lowest BCUT2D eigenvalue weighted by Gasteiger charge is -2.29. The minimum atomic E-state index is 0.610. The van der Waals surface area contributed by atoms with Crippen molar-refractivity contribution in [1.82, 2.24) is 14.8 Å². The lowest BCUT2D eigenvalue weighted by molar-refractivity contribution is 0.204. The van der Waals surface area contributed by atoms with Gasteiger partial charge in [-0.2, -0.15) is 0 Å². The predicted octanol–water partition coefficient (Wildman–Crippen LogP) is 2.91. The zero-order valence-corrected chi connectivity index (χ0v) is 16.3. The van der Waals surface area contributed by atoms with Crippen molar-refractivity contribution < 1.29 is 0 Å². The first-order valence-electron chi connectivity index (χ1n) is 9.33. The molecule has 0 amide bonds. The van der Waals surface area contributed by atoms with Gasteiger partial charge in [0.25, 0.3) is 0 Å². The van der Waals surface area contributed by atoms with E-state index >= 15 is 0 Å². The highest BCUT2D eigenvalue weighted by molar-refractivity contribution is 7.11. The Hall–Kier alpha value is -1.27. The molecule has 0 atom stereocenters. The van der Waals surface area contributed by atoms with Crippen molar-refractivity contribution in [2.75, 3.05) is 26.2 Å². The van der Waals surface area contributed by atoms with Gasteiger partial charge in [0.15, 0.2) is 0 Å². The molecule has 4 nitrogen and oxygen atoms in total. The van der Waals surface area contributed by atoms with Gasteiger partial charge in [-0.05, 0) is 25.8 Å². The lowest BCUT2D eigenvalue weighted by atomic mass is 10.1. The summed E-state index contributed by atoms with van der Waals surface area (Å²) in [5.41, 5.74) is 8.55. The van der Waals surface area contributed by atoms with Crippen LogP contribution in [0.2, 0.25) is 0 Å². The maximum absolute atomic E-state index is 5.84.